The summed E-state index contributed by atoms with van der Waals surface area (Å²) < 4.78 is 15.6. The van der Waals surface area contributed by atoms with Crippen molar-refractivity contribution in [3.8, 4) is 0 Å². The van der Waals surface area contributed by atoms with Crippen molar-refractivity contribution in [3.05, 3.63) is 99.1 Å². The Morgan fingerprint density at radius 2 is 1.63 bits per heavy atom. The van der Waals surface area contributed by atoms with Gasteiger partial charge in [-0.2, -0.15) is 0 Å². The van der Waals surface area contributed by atoms with Gasteiger partial charge in [-0.05, 0) is 23.8 Å². The highest BCUT2D eigenvalue weighted by atomic mass is 19.1. The zero-order valence-electron chi connectivity index (χ0n) is 19.1. The number of carbonyl (C=O) groups excluding carboxylic acids is 2. The average molecular weight is 480 g/mol. The maximum atomic E-state index is 13.3. The number of piperazine rings is 1. The summed E-state index contributed by atoms with van der Waals surface area (Å²) in [7, 11) is 0. The number of amides is 2. The number of carbonyl (C=O) groups is 2. The second-order valence-electron chi connectivity index (χ2n) is 8.35. The Hall–Kier alpha value is -4.05. The first kappa shape index (κ1) is 24.1. The van der Waals surface area contributed by atoms with Crippen LogP contribution in [0.15, 0.2) is 76.4 Å². The summed E-state index contributed by atoms with van der Waals surface area (Å²) in [5.74, 6) is -1.03. The number of nitrogens with zero attached hydrogens (tertiary/aromatic N) is 4. The smallest absolute Gasteiger partial charge is 0.331 e. The Kier molecular flexibility index (Phi) is 7.51. The van der Waals surface area contributed by atoms with Crippen LogP contribution in [0.4, 0.5) is 10.1 Å². The molecule has 10 heteroatoms. The third-order valence-electron chi connectivity index (χ3n) is 5.83. The Bertz CT molecular complexity index is 1310. The summed E-state index contributed by atoms with van der Waals surface area (Å²) in [6.07, 6.45) is 1.44. The van der Waals surface area contributed by atoms with Crippen LogP contribution in [0.25, 0.3) is 0 Å². The molecule has 0 radical (unpaired) electrons. The van der Waals surface area contributed by atoms with Crippen LogP contribution in [-0.4, -0.2) is 63.5 Å². The molecule has 0 aliphatic carbocycles. The molecule has 0 bridgehead atoms. The van der Waals surface area contributed by atoms with Crippen LogP contribution in [0.3, 0.4) is 0 Å². The minimum Gasteiger partial charge on any atom is -0.339 e. The molecule has 35 heavy (non-hydrogen) atoms. The summed E-state index contributed by atoms with van der Waals surface area (Å²) in [6.45, 7) is 1.73. The molecule has 4 rings (SSSR count). The number of benzene rings is 2. The third-order valence-corrected chi connectivity index (χ3v) is 5.83. The van der Waals surface area contributed by atoms with Gasteiger partial charge < -0.3 is 10.2 Å². The lowest BCUT2D eigenvalue weighted by Gasteiger charge is -2.34. The van der Waals surface area contributed by atoms with Crippen LogP contribution in [0.5, 0.6) is 0 Å². The van der Waals surface area contributed by atoms with Crippen molar-refractivity contribution in [2.75, 3.05) is 38.0 Å². The van der Waals surface area contributed by atoms with Crippen LogP contribution in [0.1, 0.15) is 5.56 Å². The summed E-state index contributed by atoms with van der Waals surface area (Å²) in [5.41, 5.74) is 0.224. The number of hydrogen-bond acceptors (Lipinski definition) is 5. The number of halogens is 1. The maximum absolute atomic E-state index is 13.3. The average Bonchev–Trinajstić information content (AvgIpc) is 2.84. The molecular weight excluding hydrogens is 453 g/mol. The number of anilines is 1. The summed E-state index contributed by atoms with van der Waals surface area (Å²) in [6, 6.07) is 16.3. The van der Waals surface area contributed by atoms with Gasteiger partial charge in [-0.25, -0.2) is 9.18 Å². The van der Waals surface area contributed by atoms with Gasteiger partial charge in [0, 0.05) is 44.1 Å². The lowest BCUT2D eigenvalue weighted by Crippen LogP contribution is -2.52. The van der Waals surface area contributed by atoms with Gasteiger partial charge in [0.25, 0.3) is 5.56 Å². The molecule has 1 aliphatic heterocycles. The normalized spacial score (nSPS) is 14.0. The van der Waals surface area contributed by atoms with E-state index in [1.807, 2.05) is 35.2 Å². The zero-order valence-corrected chi connectivity index (χ0v) is 19.1. The molecule has 3 aromatic rings. The van der Waals surface area contributed by atoms with E-state index in [4.69, 9.17) is 0 Å². The molecule has 2 amide bonds. The van der Waals surface area contributed by atoms with Gasteiger partial charge in [0.05, 0.1) is 13.1 Å². The zero-order chi connectivity index (χ0) is 24.8. The van der Waals surface area contributed by atoms with Crippen molar-refractivity contribution in [1.29, 1.82) is 0 Å². The van der Waals surface area contributed by atoms with E-state index in [9.17, 15) is 23.6 Å². The van der Waals surface area contributed by atoms with Gasteiger partial charge in [-0.3, -0.25) is 28.4 Å². The van der Waals surface area contributed by atoms with Gasteiger partial charge in [0.2, 0.25) is 11.8 Å². The molecule has 1 N–H and O–H groups in total. The molecule has 0 atom stereocenters. The molecule has 0 saturated carbocycles. The van der Waals surface area contributed by atoms with Crippen LogP contribution in [0, 0.1) is 5.82 Å². The van der Waals surface area contributed by atoms with Gasteiger partial charge >= 0.3 is 5.69 Å². The molecule has 1 fully saturated rings. The van der Waals surface area contributed by atoms with Gasteiger partial charge in [0.1, 0.15) is 12.4 Å². The lowest BCUT2D eigenvalue weighted by atomic mass is 10.2. The summed E-state index contributed by atoms with van der Waals surface area (Å²) in [5, 5.41) is 2.66. The fourth-order valence-electron chi connectivity index (χ4n) is 3.96. The van der Waals surface area contributed by atoms with Crippen LogP contribution < -0.4 is 16.6 Å². The number of rotatable bonds is 7. The van der Waals surface area contributed by atoms with Crippen LogP contribution >= 0.6 is 0 Å². The van der Waals surface area contributed by atoms with Crippen molar-refractivity contribution in [2.24, 2.45) is 0 Å². The molecular formula is C25H26FN5O4. The standard InChI is InChI=1S/C25H26FN5O4/c26-20-7-4-8-21(15-20)27-22(32)17-28-11-13-29(14-12-28)24(34)18-31-23(33)9-10-30(25(31)35)16-19-5-2-1-3-6-19/h1-10,15H,11-14,16-18H2,(H,27,32). The molecule has 182 valence electrons. The molecule has 1 aliphatic rings. The second-order valence-corrected chi connectivity index (χ2v) is 8.35. The first-order chi connectivity index (χ1) is 16.9. The molecule has 9 nitrogen and oxygen atoms in total. The highest BCUT2D eigenvalue weighted by molar-refractivity contribution is 5.92. The maximum Gasteiger partial charge on any atom is 0.331 e. The topological polar surface area (TPSA) is 96.7 Å². The van der Waals surface area contributed by atoms with E-state index in [1.54, 1.807) is 11.0 Å². The molecule has 0 unspecified atom stereocenters. The molecule has 2 aromatic carbocycles. The third kappa shape index (κ3) is 6.30. The molecule has 1 aromatic heterocycles. The molecule has 1 saturated heterocycles. The SMILES string of the molecule is O=C(CN1CCN(C(=O)Cn2c(=O)ccn(Cc3ccccc3)c2=O)CC1)Nc1cccc(F)c1. The lowest BCUT2D eigenvalue weighted by molar-refractivity contribution is -0.133. The number of aromatic nitrogens is 2. The first-order valence-corrected chi connectivity index (χ1v) is 11.3. The summed E-state index contributed by atoms with van der Waals surface area (Å²) in [4.78, 5) is 53.7. The first-order valence-electron chi connectivity index (χ1n) is 11.3. The highest BCUT2D eigenvalue weighted by Crippen LogP contribution is 2.10. The quantitative estimate of drug-likeness (QED) is 0.545. The fourth-order valence-corrected chi connectivity index (χ4v) is 3.96. The van der Waals surface area contributed by atoms with E-state index in [1.165, 1.54) is 35.0 Å². The molecule has 0 spiro atoms. The van der Waals surface area contributed by atoms with Crippen LogP contribution in [0.2, 0.25) is 0 Å². The van der Waals surface area contributed by atoms with Crippen molar-refractivity contribution in [1.82, 2.24) is 18.9 Å². The van der Waals surface area contributed by atoms with E-state index in [-0.39, 0.29) is 24.9 Å². The Morgan fingerprint density at radius 3 is 2.34 bits per heavy atom. The van der Waals surface area contributed by atoms with E-state index in [2.05, 4.69) is 5.32 Å². The van der Waals surface area contributed by atoms with Crippen molar-refractivity contribution >= 4 is 17.5 Å². The van der Waals surface area contributed by atoms with E-state index in [0.29, 0.717) is 38.4 Å². The van der Waals surface area contributed by atoms with Crippen molar-refractivity contribution < 1.29 is 14.0 Å². The van der Waals surface area contributed by atoms with Gasteiger partial charge in [-0.1, -0.05) is 36.4 Å². The predicted molar refractivity (Wildman–Crippen MR) is 129 cm³/mol. The fraction of sp³-hybridized carbons (Fsp3) is 0.280. The van der Waals surface area contributed by atoms with Crippen molar-refractivity contribution in [3.63, 3.8) is 0 Å². The van der Waals surface area contributed by atoms with E-state index >= 15 is 0 Å². The van der Waals surface area contributed by atoms with Gasteiger partial charge in [0.15, 0.2) is 0 Å². The van der Waals surface area contributed by atoms with Gasteiger partial charge in [-0.15, -0.1) is 0 Å². The van der Waals surface area contributed by atoms with Crippen LogP contribution in [-0.2, 0) is 22.7 Å². The largest absolute Gasteiger partial charge is 0.339 e. The predicted octanol–water partition coefficient (Wildman–Crippen LogP) is 0.980. The molecule has 2 heterocycles. The monoisotopic (exact) mass is 479 g/mol. The Morgan fingerprint density at radius 1 is 0.886 bits per heavy atom. The number of hydrogen-bond donors (Lipinski definition) is 1. The van der Waals surface area contributed by atoms with E-state index in [0.717, 1.165) is 10.1 Å². The summed E-state index contributed by atoms with van der Waals surface area (Å²) >= 11 is 0. The highest BCUT2D eigenvalue weighted by Gasteiger charge is 2.23. The Balaban J connectivity index is 1.32. The van der Waals surface area contributed by atoms with E-state index < -0.39 is 17.1 Å². The minimum absolute atomic E-state index is 0.112. The number of nitrogens with one attached hydrogen (secondary N) is 1. The minimum atomic E-state index is -0.539. The second kappa shape index (κ2) is 10.9. The Labute approximate surface area is 201 Å². The van der Waals surface area contributed by atoms with Crippen molar-refractivity contribution in [2.45, 2.75) is 13.1 Å².